The van der Waals surface area contributed by atoms with Crippen LogP contribution in [-0.4, -0.2) is 6.10 Å². The number of hydrogen-bond acceptors (Lipinski definition) is 2. The molecule has 0 heterocycles. The maximum atomic E-state index is 8.84. The summed E-state index contributed by atoms with van der Waals surface area (Å²) in [5, 5.41) is 9.29. The van der Waals surface area contributed by atoms with Gasteiger partial charge in [-0.3, -0.25) is 0 Å². The fraction of sp³-hybridized carbons (Fsp3) is 0.588. The van der Waals surface area contributed by atoms with Crippen LogP contribution in [0.15, 0.2) is 18.2 Å². The molecule has 0 saturated heterocycles. The van der Waals surface area contributed by atoms with Gasteiger partial charge in [0.15, 0.2) is 0 Å². The van der Waals surface area contributed by atoms with E-state index in [0.29, 0.717) is 10.6 Å². The smallest absolute Gasteiger partial charge is 0.121 e. The van der Waals surface area contributed by atoms with E-state index in [4.69, 9.17) is 21.6 Å². The third-order valence-corrected chi connectivity index (χ3v) is 3.96. The summed E-state index contributed by atoms with van der Waals surface area (Å²) in [6, 6.07) is 7.29. The molecule has 2 rings (SSSR count). The van der Waals surface area contributed by atoms with Gasteiger partial charge in [-0.2, -0.15) is 5.26 Å². The van der Waals surface area contributed by atoms with Gasteiger partial charge in [-0.05, 0) is 18.6 Å². The molecule has 0 amide bonds. The quantitative estimate of drug-likeness (QED) is 0.727. The normalized spacial score (nSPS) is 19.1. The summed E-state index contributed by atoms with van der Waals surface area (Å²) in [5.74, 6) is 0.741. The average molecular weight is 294 g/mol. The number of hydrogen-bond donors (Lipinski definition) is 0. The van der Waals surface area contributed by atoms with E-state index < -0.39 is 0 Å². The molecule has 1 aliphatic rings. The van der Waals surface area contributed by atoms with Gasteiger partial charge < -0.3 is 4.74 Å². The molecule has 1 fully saturated rings. The lowest BCUT2D eigenvalue weighted by Crippen LogP contribution is -2.58. The minimum absolute atomic E-state index is 0.175. The van der Waals surface area contributed by atoms with Crippen molar-refractivity contribution < 1.29 is 4.74 Å². The topological polar surface area (TPSA) is 33.0 Å². The standard InChI is InChI=1S/C15H18ClNO.C2H6/c1-14(2)9-15(3,4)13(14)18-11-6-5-10(8-17)12(16)7-11;1-2/h5-7,13H,9H2,1-4H3;1-2H3. The highest BCUT2D eigenvalue weighted by atomic mass is 35.5. The molecule has 0 atom stereocenters. The highest BCUT2D eigenvalue weighted by molar-refractivity contribution is 6.31. The van der Waals surface area contributed by atoms with Gasteiger partial charge in [0.2, 0.25) is 0 Å². The third-order valence-electron chi connectivity index (χ3n) is 3.65. The molecule has 20 heavy (non-hydrogen) atoms. The molecule has 0 spiro atoms. The van der Waals surface area contributed by atoms with Crippen LogP contribution in [0.25, 0.3) is 0 Å². The second-order valence-corrected chi connectivity index (χ2v) is 6.81. The van der Waals surface area contributed by atoms with Crippen LogP contribution >= 0.6 is 11.6 Å². The zero-order valence-electron chi connectivity index (χ0n) is 13.2. The van der Waals surface area contributed by atoms with Crippen LogP contribution < -0.4 is 4.74 Å². The van der Waals surface area contributed by atoms with E-state index in [-0.39, 0.29) is 16.9 Å². The predicted molar refractivity (Wildman–Crippen MR) is 84.1 cm³/mol. The second kappa shape index (κ2) is 6.06. The van der Waals surface area contributed by atoms with Gasteiger partial charge in [0.1, 0.15) is 17.9 Å². The van der Waals surface area contributed by atoms with Crippen molar-refractivity contribution in [2.24, 2.45) is 10.8 Å². The van der Waals surface area contributed by atoms with E-state index in [1.807, 2.05) is 26.0 Å². The molecular formula is C17H24ClNO. The molecule has 1 aliphatic carbocycles. The zero-order chi connectivity index (χ0) is 15.6. The molecule has 0 aromatic heterocycles. The summed E-state index contributed by atoms with van der Waals surface area (Å²) in [6.07, 6.45) is 1.32. The fourth-order valence-corrected chi connectivity index (χ4v) is 3.61. The summed E-state index contributed by atoms with van der Waals surface area (Å²) in [6.45, 7) is 12.9. The van der Waals surface area contributed by atoms with Gasteiger partial charge in [0.05, 0.1) is 10.6 Å². The highest BCUT2D eigenvalue weighted by Crippen LogP contribution is 2.55. The first-order chi connectivity index (χ1) is 9.26. The summed E-state index contributed by atoms with van der Waals surface area (Å²) < 4.78 is 6.07. The van der Waals surface area contributed by atoms with E-state index in [2.05, 4.69) is 27.7 Å². The summed E-state index contributed by atoms with van der Waals surface area (Å²) in [7, 11) is 0. The Morgan fingerprint density at radius 2 is 1.75 bits per heavy atom. The minimum Gasteiger partial charge on any atom is -0.489 e. The van der Waals surface area contributed by atoms with Gasteiger partial charge in [0.25, 0.3) is 0 Å². The van der Waals surface area contributed by atoms with E-state index in [1.165, 1.54) is 0 Å². The molecule has 110 valence electrons. The summed E-state index contributed by atoms with van der Waals surface area (Å²) in [5.41, 5.74) is 0.851. The van der Waals surface area contributed by atoms with E-state index in [1.54, 1.807) is 12.1 Å². The van der Waals surface area contributed by atoms with Gasteiger partial charge in [-0.1, -0.05) is 53.1 Å². The number of halogens is 1. The highest BCUT2D eigenvalue weighted by Gasteiger charge is 2.54. The Labute approximate surface area is 127 Å². The maximum absolute atomic E-state index is 8.84. The van der Waals surface area contributed by atoms with Crippen molar-refractivity contribution in [2.45, 2.75) is 54.1 Å². The van der Waals surface area contributed by atoms with Crippen LogP contribution in [-0.2, 0) is 0 Å². The van der Waals surface area contributed by atoms with Crippen molar-refractivity contribution >= 4 is 11.6 Å². The number of rotatable bonds is 2. The average Bonchev–Trinajstić information content (AvgIpc) is 2.37. The Morgan fingerprint density at radius 1 is 1.20 bits per heavy atom. The Balaban J connectivity index is 0.000000956. The first-order valence-corrected chi connectivity index (χ1v) is 7.50. The van der Waals surface area contributed by atoms with Crippen molar-refractivity contribution in [3.05, 3.63) is 28.8 Å². The number of benzene rings is 1. The third kappa shape index (κ3) is 3.27. The molecular weight excluding hydrogens is 270 g/mol. The van der Waals surface area contributed by atoms with Gasteiger partial charge in [0, 0.05) is 16.9 Å². The van der Waals surface area contributed by atoms with Crippen LogP contribution in [0, 0.1) is 22.2 Å². The van der Waals surface area contributed by atoms with Gasteiger partial charge >= 0.3 is 0 Å². The minimum atomic E-state index is 0.175. The lowest BCUT2D eigenvalue weighted by molar-refractivity contribution is -0.133. The van der Waals surface area contributed by atoms with E-state index >= 15 is 0 Å². The van der Waals surface area contributed by atoms with Crippen molar-refractivity contribution in [1.82, 2.24) is 0 Å². The van der Waals surface area contributed by atoms with E-state index in [9.17, 15) is 0 Å². The van der Waals surface area contributed by atoms with Crippen LogP contribution in [0.5, 0.6) is 5.75 Å². The molecule has 0 aliphatic heterocycles. The Bertz CT molecular complexity index is 500. The van der Waals surface area contributed by atoms with Crippen LogP contribution in [0.1, 0.15) is 53.5 Å². The first-order valence-electron chi connectivity index (χ1n) is 7.12. The molecule has 1 saturated carbocycles. The van der Waals surface area contributed by atoms with Crippen molar-refractivity contribution in [3.8, 4) is 11.8 Å². The van der Waals surface area contributed by atoms with Crippen molar-refractivity contribution in [1.29, 1.82) is 5.26 Å². The van der Waals surface area contributed by atoms with Crippen LogP contribution in [0.2, 0.25) is 5.02 Å². The number of nitriles is 1. The van der Waals surface area contributed by atoms with Crippen molar-refractivity contribution in [2.75, 3.05) is 0 Å². The zero-order valence-corrected chi connectivity index (χ0v) is 14.0. The molecule has 1 aromatic rings. The van der Waals surface area contributed by atoms with Crippen LogP contribution in [0.4, 0.5) is 0 Å². The fourth-order valence-electron chi connectivity index (χ4n) is 3.40. The molecule has 0 N–H and O–H groups in total. The largest absolute Gasteiger partial charge is 0.489 e. The van der Waals surface area contributed by atoms with Crippen molar-refractivity contribution in [3.63, 3.8) is 0 Å². The Hall–Kier alpha value is -1.20. The van der Waals surface area contributed by atoms with Crippen LogP contribution in [0.3, 0.4) is 0 Å². The second-order valence-electron chi connectivity index (χ2n) is 6.41. The van der Waals surface area contributed by atoms with Gasteiger partial charge in [-0.15, -0.1) is 0 Å². The Morgan fingerprint density at radius 3 is 2.15 bits per heavy atom. The molecule has 2 nitrogen and oxygen atoms in total. The van der Waals surface area contributed by atoms with Gasteiger partial charge in [-0.25, -0.2) is 0 Å². The number of nitrogens with zero attached hydrogens (tertiary/aromatic N) is 1. The molecule has 3 heteroatoms. The molecule has 0 bridgehead atoms. The Kier molecular flexibility index (Phi) is 5.10. The number of ether oxygens (including phenoxy) is 1. The monoisotopic (exact) mass is 293 g/mol. The molecule has 1 aromatic carbocycles. The SMILES string of the molecule is CC.CC1(C)CC(C)(C)C1Oc1ccc(C#N)c(Cl)c1. The molecule has 0 unspecified atom stereocenters. The lowest BCUT2D eigenvalue weighted by Gasteiger charge is -2.56. The first kappa shape index (κ1) is 16.9. The lowest BCUT2D eigenvalue weighted by atomic mass is 9.53. The maximum Gasteiger partial charge on any atom is 0.121 e. The summed E-state index contributed by atoms with van der Waals surface area (Å²) in [4.78, 5) is 0. The summed E-state index contributed by atoms with van der Waals surface area (Å²) >= 11 is 6.01. The molecule has 0 radical (unpaired) electrons. The van der Waals surface area contributed by atoms with E-state index in [0.717, 1.165) is 12.2 Å². The predicted octanol–water partition coefficient (Wildman–Crippen LogP) is 5.44.